The zero-order valence-corrected chi connectivity index (χ0v) is 13.3. The molecule has 1 aliphatic heterocycles. The third-order valence-corrected chi connectivity index (χ3v) is 4.49. The molecule has 2 aromatic rings. The van der Waals surface area contributed by atoms with Crippen molar-refractivity contribution < 1.29 is 13.6 Å². The molecule has 1 aromatic carbocycles. The molecular weight excluding hydrogens is 314 g/mol. The number of aromatic nitrogens is 2. The number of hydrogen-bond donors (Lipinski definition) is 1. The van der Waals surface area contributed by atoms with Gasteiger partial charge in [-0.2, -0.15) is 0 Å². The Hall–Kier alpha value is -2.41. The molecule has 1 fully saturated rings. The lowest BCUT2D eigenvalue weighted by atomic mass is 9.90. The highest BCUT2D eigenvalue weighted by atomic mass is 19.2. The van der Waals surface area contributed by atoms with E-state index in [1.807, 2.05) is 4.90 Å². The number of halogens is 2. The zero-order valence-electron chi connectivity index (χ0n) is 13.3. The number of benzene rings is 1. The maximum atomic E-state index is 14.1. The van der Waals surface area contributed by atoms with Gasteiger partial charge in [0, 0.05) is 31.5 Å². The van der Waals surface area contributed by atoms with E-state index in [9.17, 15) is 13.6 Å². The van der Waals surface area contributed by atoms with E-state index in [0.29, 0.717) is 18.7 Å². The number of nitrogens with one attached hydrogen (secondary N) is 1. The van der Waals surface area contributed by atoms with Gasteiger partial charge in [0.25, 0.3) is 0 Å². The van der Waals surface area contributed by atoms with Crippen LogP contribution in [0.2, 0.25) is 0 Å². The Balaban J connectivity index is 2.02. The third-order valence-electron chi connectivity index (χ3n) is 4.49. The van der Waals surface area contributed by atoms with Gasteiger partial charge in [0.1, 0.15) is 5.54 Å². The van der Waals surface area contributed by atoms with E-state index in [-0.39, 0.29) is 18.0 Å². The van der Waals surface area contributed by atoms with Crippen molar-refractivity contribution in [3.63, 3.8) is 0 Å². The van der Waals surface area contributed by atoms with Crippen molar-refractivity contribution in [2.75, 3.05) is 13.6 Å². The fourth-order valence-corrected chi connectivity index (χ4v) is 3.35. The SMILES string of the molecule is CNC(=O)[C@]1(c2cnccn2)CCCN1Cc1cccc(F)c1F. The van der Waals surface area contributed by atoms with E-state index in [1.165, 1.54) is 24.5 Å². The maximum absolute atomic E-state index is 14.1. The summed E-state index contributed by atoms with van der Waals surface area (Å²) >= 11 is 0. The monoisotopic (exact) mass is 332 g/mol. The molecule has 0 bridgehead atoms. The molecule has 7 heteroatoms. The lowest BCUT2D eigenvalue weighted by molar-refractivity contribution is -0.132. The zero-order chi connectivity index (χ0) is 17.2. The van der Waals surface area contributed by atoms with Crippen LogP contribution in [-0.4, -0.2) is 34.4 Å². The van der Waals surface area contributed by atoms with Crippen LogP contribution in [0, 0.1) is 11.6 Å². The average Bonchev–Trinajstić information content (AvgIpc) is 3.03. The summed E-state index contributed by atoms with van der Waals surface area (Å²) in [4.78, 5) is 22.9. The Bertz CT molecular complexity index is 741. The molecule has 3 rings (SSSR count). The minimum atomic E-state index is -1.03. The fraction of sp³-hybridized carbons (Fsp3) is 0.353. The Labute approximate surface area is 138 Å². The van der Waals surface area contributed by atoms with E-state index in [4.69, 9.17) is 0 Å². The first-order chi connectivity index (χ1) is 11.6. The van der Waals surface area contributed by atoms with Gasteiger partial charge < -0.3 is 5.32 Å². The Morgan fingerprint density at radius 3 is 2.92 bits per heavy atom. The van der Waals surface area contributed by atoms with E-state index in [0.717, 1.165) is 12.5 Å². The van der Waals surface area contributed by atoms with Crippen LogP contribution in [0.25, 0.3) is 0 Å². The molecule has 0 saturated carbocycles. The summed E-state index contributed by atoms with van der Waals surface area (Å²) in [6.45, 7) is 0.702. The smallest absolute Gasteiger partial charge is 0.246 e. The minimum absolute atomic E-state index is 0.119. The van der Waals surface area contributed by atoms with Gasteiger partial charge in [-0.05, 0) is 25.5 Å². The number of rotatable bonds is 4. The van der Waals surface area contributed by atoms with Gasteiger partial charge in [0.15, 0.2) is 11.6 Å². The first kappa shape index (κ1) is 16.4. The van der Waals surface area contributed by atoms with Crippen LogP contribution >= 0.6 is 0 Å². The highest BCUT2D eigenvalue weighted by molar-refractivity contribution is 5.87. The molecule has 2 heterocycles. The summed E-state index contributed by atoms with van der Waals surface area (Å²) in [7, 11) is 1.56. The molecular formula is C17H18F2N4O. The molecule has 0 unspecified atom stereocenters. The lowest BCUT2D eigenvalue weighted by Gasteiger charge is -2.36. The van der Waals surface area contributed by atoms with E-state index >= 15 is 0 Å². The summed E-state index contributed by atoms with van der Waals surface area (Å²) in [5, 5.41) is 2.67. The summed E-state index contributed by atoms with van der Waals surface area (Å²) in [5.41, 5.74) is -0.297. The summed E-state index contributed by atoms with van der Waals surface area (Å²) in [5.74, 6) is -2.00. The topological polar surface area (TPSA) is 58.1 Å². The van der Waals surface area contributed by atoms with Crippen molar-refractivity contribution in [2.45, 2.75) is 24.9 Å². The maximum Gasteiger partial charge on any atom is 0.246 e. The quantitative estimate of drug-likeness (QED) is 0.930. The molecule has 5 nitrogen and oxygen atoms in total. The van der Waals surface area contributed by atoms with Crippen LogP contribution in [0.1, 0.15) is 24.1 Å². The molecule has 1 N–H and O–H groups in total. The molecule has 1 amide bonds. The van der Waals surface area contributed by atoms with Crippen LogP contribution in [0.4, 0.5) is 8.78 Å². The predicted octanol–water partition coefficient (Wildman–Crippen LogP) is 1.99. The summed E-state index contributed by atoms with van der Waals surface area (Å²) in [6.07, 6.45) is 5.91. The number of likely N-dealkylation sites (tertiary alicyclic amines) is 1. The average molecular weight is 332 g/mol. The lowest BCUT2D eigenvalue weighted by Crippen LogP contribution is -2.52. The first-order valence-corrected chi connectivity index (χ1v) is 7.76. The number of likely N-dealkylation sites (N-methyl/N-ethyl adjacent to an activating group) is 1. The van der Waals surface area contributed by atoms with Crippen molar-refractivity contribution in [1.29, 1.82) is 0 Å². The van der Waals surface area contributed by atoms with E-state index in [1.54, 1.807) is 13.2 Å². The number of hydrogen-bond acceptors (Lipinski definition) is 4. The number of carbonyl (C=O) groups is 1. The van der Waals surface area contributed by atoms with Crippen LogP contribution < -0.4 is 5.32 Å². The normalized spacial score (nSPS) is 21.0. The number of amides is 1. The number of carbonyl (C=O) groups excluding carboxylic acids is 1. The summed E-state index contributed by atoms with van der Waals surface area (Å²) in [6, 6.07) is 4.08. The van der Waals surface area contributed by atoms with Crippen molar-refractivity contribution in [3.05, 3.63) is 59.7 Å². The molecule has 0 spiro atoms. The van der Waals surface area contributed by atoms with Gasteiger partial charge in [-0.1, -0.05) is 12.1 Å². The number of nitrogens with zero attached hydrogens (tertiary/aromatic N) is 3. The Morgan fingerprint density at radius 2 is 2.21 bits per heavy atom. The second-order valence-electron chi connectivity index (χ2n) is 5.77. The second kappa shape index (κ2) is 6.60. The van der Waals surface area contributed by atoms with Crippen molar-refractivity contribution in [3.8, 4) is 0 Å². The molecule has 1 aromatic heterocycles. The van der Waals surface area contributed by atoms with E-state index < -0.39 is 17.2 Å². The van der Waals surface area contributed by atoms with Crippen molar-refractivity contribution in [1.82, 2.24) is 20.2 Å². The Morgan fingerprint density at radius 1 is 1.38 bits per heavy atom. The van der Waals surface area contributed by atoms with Gasteiger partial charge in [-0.15, -0.1) is 0 Å². The molecule has 1 atom stereocenters. The third kappa shape index (κ3) is 2.65. The molecule has 1 saturated heterocycles. The molecule has 1 aliphatic rings. The van der Waals surface area contributed by atoms with Gasteiger partial charge >= 0.3 is 0 Å². The van der Waals surface area contributed by atoms with Gasteiger partial charge in [0.2, 0.25) is 5.91 Å². The highest BCUT2D eigenvalue weighted by Crippen LogP contribution is 2.39. The van der Waals surface area contributed by atoms with Crippen LogP contribution in [-0.2, 0) is 16.9 Å². The van der Waals surface area contributed by atoms with Crippen molar-refractivity contribution in [2.24, 2.45) is 0 Å². The van der Waals surface area contributed by atoms with Crippen LogP contribution in [0.3, 0.4) is 0 Å². The fourth-order valence-electron chi connectivity index (χ4n) is 3.35. The van der Waals surface area contributed by atoms with Gasteiger partial charge in [-0.3, -0.25) is 19.7 Å². The predicted molar refractivity (Wildman–Crippen MR) is 83.8 cm³/mol. The Kier molecular flexibility index (Phi) is 4.53. The highest BCUT2D eigenvalue weighted by Gasteiger charge is 2.49. The summed E-state index contributed by atoms with van der Waals surface area (Å²) < 4.78 is 27.6. The largest absolute Gasteiger partial charge is 0.357 e. The molecule has 126 valence electrons. The molecule has 24 heavy (non-hydrogen) atoms. The van der Waals surface area contributed by atoms with Crippen LogP contribution in [0.15, 0.2) is 36.8 Å². The molecule has 0 aliphatic carbocycles. The minimum Gasteiger partial charge on any atom is -0.357 e. The van der Waals surface area contributed by atoms with Crippen molar-refractivity contribution >= 4 is 5.91 Å². The van der Waals surface area contributed by atoms with Gasteiger partial charge in [0.05, 0.1) is 11.9 Å². The molecule has 0 radical (unpaired) electrons. The van der Waals surface area contributed by atoms with E-state index in [2.05, 4.69) is 15.3 Å². The first-order valence-electron chi connectivity index (χ1n) is 7.76. The standard InChI is InChI=1S/C17H18F2N4O/c1-20-16(24)17(14-10-21-7-8-22-14)6-3-9-23(17)11-12-4-2-5-13(18)15(12)19/h2,4-5,7-8,10H,3,6,9,11H2,1H3,(H,20,24)/t17-/m1/s1. The van der Waals surface area contributed by atoms with Crippen LogP contribution in [0.5, 0.6) is 0 Å². The van der Waals surface area contributed by atoms with Gasteiger partial charge in [-0.25, -0.2) is 8.78 Å². The second-order valence-corrected chi connectivity index (χ2v) is 5.77.